The summed E-state index contributed by atoms with van der Waals surface area (Å²) in [5, 5.41) is 15.9. The minimum Gasteiger partial charge on any atom is -0.438 e. The van der Waals surface area contributed by atoms with Crippen LogP contribution >= 0.6 is 0 Å². The van der Waals surface area contributed by atoms with Gasteiger partial charge < -0.3 is 9.05 Å². The molecule has 0 fully saturated rings. The van der Waals surface area contributed by atoms with Crippen molar-refractivity contribution in [1.82, 2.24) is 0 Å². The second-order valence-corrected chi connectivity index (χ2v) is 17.1. The summed E-state index contributed by atoms with van der Waals surface area (Å²) in [5.74, 6) is 0. The number of benzene rings is 6. The van der Waals surface area contributed by atoms with E-state index < -0.39 is 16.6 Å². The molecule has 0 aliphatic carbocycles. The van der Waals surface area contributed by atoms with Gasteiger partial charge in [0.05, 0.1) is 0 Å². The van der Waals surface area contributed by atoms with E-state index in [9.17, 15) is 0 Å². The lowest BCUT2D eigenvalue weighted by Gasteiger charge is -2.30. The van der Waals surface area contributed by atoms with Crippen molar-refractivity contribution in [1.29, 1.82) is 0 Å². The van der Waals surface area contributed by atoms with E-state index in [2.05, 4.69) is 156 Å². The maximum atomic E-state index is 6.66. The Labute approximate surface area is 267 Å². The first-order valence-corrected chi connectivity index (χ1v) is 18.9. The van der Waals surface area contributed by atoms with Crippen molar-refractivity contribution < 1.29 is 9.05 Å². The van der Waals surface area contributed by atoms with Gasteiger partial charge in [-0.1, -0.05) is 182 Å². The van der Waals surface area contributed by atoms with Crippen LogP contribution in [0, 0.1) is 0 Å². The molecule has 0 atom stereocenters. The van der Waals surface area contributed by atoms with Gasteiger partial charge in [-0.25, -0.2) is 0 Å². The lowest BCUT2D eigenvalue weighted by molar-refractivity contribution is 0.348. The van der Waals surface area contributed by atoms with Crippen molar-refractivity contribution in [2.24, 2.45) is 10.3 Å². The Morgan fingerprint density at radius 1 is 0.333 bits per heavy atom. The van der Waals surface area contributed by atoms with E-state index in [0.29, 0.717) is 6.42 Å². The Kier molecular flexibility index (Phi) is 9.55. The molecule has 0 unspecified atom stereocenters. The summed E-state index contributed by atoms with van der Waals surface area (Å²) in [6.07, 6.45) is 3.98. The zero-order valence-electron chi connectivity index (χ0n) is 24.9. The first-order chi connectivity index (χ1) is 22.3. The zero-order valence-corrected chi connectivity index (χ0v) is 26.9. The van der Waals surface area contributed by atoms with Crippen molar-refractivity contribution in [3.63, 3.8) is 0 Å². The molecule has 0 N–H and O–H groups in total. The van der Waals surface area contributed by atoms with Crippen molar-refractivity contribution in [2.75, 3.05) is 0 Å². The van der Waals surface area contributed by atoms with E-state index in [0.717, 1.165) is 31.1 Å². The molecule has 0 aliphatic heterocycles. The van der Waals surface area contributed by atoms with Gasteiger partial charge >= 0.3 is 16.6 Å². The normalized spacial score (nSPS) is 11.9. The number of oxime groups is 2. The molecule has 0 saturated heterocycles. The Balaban J connectivity index is 1.29. The lowest BCUT2D eigenvalue weighted by atomic mass is 10.3. The molecule has 0 bridgehead atoms. The Morgan fingerprint density at radius 2 is 0.533 bits per heavy atom. The molecular weight excluding hydrogens is 585 g/mol. The van der Waals surface area contributed by atoms with Crippen LogP contribution in [0.5, 0.6) is 0 Å². The minimum absolute atomic E-state index is 0.450. The van der Waals surface area contributed by atoms with Gasteiger partial charge in [0.2, 0.25) is 0 Å². The molecule has 0 saturated carbocycles. The van der Waals surface area contributed by atoms with Gasteiger partial charge in [0, 0.05) is 18.9 Å². The molecule has 6 heteroatoms. The molecule has 0 heterocycles. The number of hydrogen-bond donors (Lipinski definition) is 0. The molecule has 0 radical (unpaired) electrons. The molecule has 6 aromatic rings. The number of nitrogens with zero attached hydrogens (tertiary/aromatic N) is 2. The third kappa shape index (κ3) is 6.33. The first-order valence-electron chi connectivity index (χ1n) is 15.1. The number of hydrogen-bond acceptors (Lipinski definition) is 4. The fourth-order valence-electron chi connectivity index (χ4n) is 5.72. The smallest absolute Gasteiger partial charge is 0.380 e. The van der Waals surface area contributed by atoms with Crippen molar-refractivity contribution in [3.8, 4) is 0 Å². The summed E-state index contributed by atoms with van der Waals surface area (Å²) in [6, 6.07) is 62.5. The van der Waals surface area contributed by atoms with E-state index in [1.165, 1.54) is 0 Å². The van der Waals surface area contributed by atoms with Crippen molar-refractivity contribution in [2.45, 2.75) is 6.42 Å². The molecule has 220 valence electrons. The molecule has 0 aromatic heterocycles. The Hall–Kier alpha value is -5.31. The maximum Gasteiger partial charge on any atom is 0.380 e. The van der Waals surface area contributed by atoms with E-state index in [4.69, 9.17) is 9.05 Å². The van der Waals surface area contributed by atoms with Crippen LogP contribution in [0.2, 0.25) is 0 Å². The predicted octanol–water partition coefficient (Wildman–Crippen LogP) is 4.72. The summed E-state index contributed by atoms with van der Waals surface area (Å²) >= 11 is 0. The molecule has 6 rings (SSSR count). The van der Waals surface area contributed by atoms with Gasteiger partial charge in [-0.05, 0) is 31.1 Å². The van der Waals surface area contributed by atoms with E-state index in [-0.39, 0.29) is 0 Å². The molecule has 0 spiro atoms. The molecule has 6 aromatic carbocycles. The molecular formula is C39H34N2O2Si2. The summed E-state index contributed by atoms with van der Waals surface area (Å²) in [4.78, 5) is 0. The third-order valence-corrected chi connectivity index (χ3v) is 15.5. The van der Waals surface area contributed by atoms with Crippen molar-refractivity contribution >= 4 is 60.2 Å². The van der Waals surface area contributed by atoms with Crippen molar-refractivity contribution in [3.05, 3.63) is 182 Å². The van der Waals surface area contributed by atoms with Crippen LogP contribution in [0.3, 0.4) is 0 Å². The lowest BCUT2D eigenvalue weighted by Crippen LogP contribution is -2.68. The highest BCUT2D eigenvalue weighted by atomic mass is 28.4. The highest BCUT2D eigenvalue weighted by Gasteiger charge is 2.45. The fraction of sp³-hybridized carbons (Fsp3) is 0.0256. The Bertz CT molecular complexity index is 1470. The highest BCUT2D eigenvalue weighted by molar-refractivity contribution is 7.07. The van der Waals surface area contributed by atoms with Gasteiger partial charge in [0.15, 0.2) is 0 Å². The largest absolute Gasteiger partial charge is 0.438 e. The zero-order chi connectivity index (χ0) is 30.6. The van der Waals surface area contributed by atoms with Crippen LogP contribution < -0.4 is 31.1 Å². The van der Waals surface area contributed by atoms with Crippen LogP contribution in [0.4, 0.5) is 0 Å². The van der Waals surface area contributed by atoms with E-state index >= 15 is 0 Å². The fourth-order valence-corrected chi connectivity index (χ4v) is 12.8. The quantitative estimate of drug-likeness (QED) is 0.0863. The van der Waals surface area contributed by atoms with E-state index in [1.54, 1.807) is 12.4 Å². The van der Waals surface area contributed by atoms with Crippen LogP contribution in [0.25, 0.3) is 0 Å². The summed E-state index contributed by atoms with van der Waals surface area (Å²) in [5.41, 5.74) is 0. The Morgan fingerprint density at radius 3 is 0.733 bits per heavy atom. The topological polar surface area (TPSA) is 43.2 Å². The van der Waals surface area contributed by atoms with Gasteiger partial charge in [0.1, 0.15) is 0 Å². The average molecular weight is 619 g/mol. The molecule has 4 nitrogen and oxygen atoms in total. The van der Waals surface area contributed by atoms with Crippen LogP contribution in [-0.2, 0) is 9.05 Å². The summed E-state index contributed by atoms with van der Waals surface area (Å²) in [6.45, 7) is 0. The second kappa shape index (κ2) is 14.4. The third-order valence-electron chi connectivity index (χ3n) is 7.82. The number of rotatable bonds is 12. The van der Waals surface area contributed by atoms with Crippen LogP contribution in [0.1, 0.15) is 6.42 Å². The minimum atomic E-state index is -2.92. The van der Waals surface area contributed by atoms with Crippen LogP contribution in [-0.4, -0.2) is 29.1 Å². The monoisotopic (exact) mass is 618 g/mol. The molecule has 0 amide bonds. The van der Waals surface area contributed by atoms with Gasteiger partial charge in [-0.3, -0.25) is 0 Å². The molecule has 0 aliphatic rings. The summed E-state index contributed by atoms with van der Waals surface area (Å²) < 4.78 is 13.3. The average Bonchev–Trinajstić information content (AvgIpc) is 3.13. The van der Waals surface area contributed by atoms with Gasteiger partial charge in [0.25, 0.3) is 0 Å². The van der Waals surface area contributed by atoms with Crippen LogP contribution in [0.15, 0.2) is 192 Å². The van der Waals surface area contributed by atoms with Gasteiger partial charge in [-0.15, -0.1) is 10.3 Å². The standard InChI is InChI=1S/C39H34N2O2Si2/c1-7-20-34(21-8-1)44(35-22-9-2-10-23-35,36-24-11-3-12-25-36)42-40-32-19-33-41-43-45(37-26-13-4-14-27-37,38-28-15-5-16-29-38)39-30-17-6-18-31-39/h1-18,20-33H,19H2/b40-32+,41-33+. The van der Waals surface area contributed by atoms with Gasteiger partial charge in [-0.2, -0.15) is 0 Å². The predicted molar refractivity (Wildman–Crippen MR) is 192 cm³/mol. The first kappa shape index (κ1) is 29.8. The second-order valence-electron chi connectivity index (χ2n) is 10.6. The SMILES string of the molecule is C(/C/C=N/O[Si](c1ccccc1)(c1ccccc1)c1ccccc1)=N\O[Si](c1ccccc1)(c1ccccc1)c1ccccc1. The highest BCUT2D eigenvalue weighted by Crippen LogP contribution is 2.12. The maximum absolute atomic E-state index is 6.66. The molecule has 45 heavy (non-hydrogen) atoms. The van der Waals surface area contributed by atoms with E-state index in [1.807, 2.05) is 36.4 Å². The summed E-state index contributed by atoms with van der Waals surface area (Å²) in [7, 11) is -5.84.